The van der Waals surface area contributed by atoms with Crippen LogP contribution in [0.4, 0.5) is 4.39 Å². The topological polar surface area (TPSA) is 33.2 Å². The Morgan fingerprint density at radius 3 is 2.92 bits per heavy atom. The lowest BCUT2D eigenvalue weighted by atomic mass is 9.91. The minimum absolute atomic E-state index is 0.133. The fourth-order valence-electron chi connectivity index (χ4n) is 3.41. The number of hydrogen-bond donors (Lipinski definition) is 0. The number of carbonyl (C=O) groups is 1. The molecule has 2 aromatic rings. The van der Waals surface area contributed by atoms with E-state index in [1.165, 1.54) is 11.6 Å². The number of likely N-dealkylation sites (tertiary alicyclic amines) is 1. The maximum Gasteiger partial charge on any atom is 0.222 e. The molecule has 3 rings (SSSR count). The van der Waals surface area contributed by atoms with Crippen molar-refractivity contribution in [3.8, 4) is 0 Å². The van der Waals surface area contributed by atoms with Crippen LogP contribution < -0.4 is 0 Å². The first-order chi connectivity index (χ1) is 11.7. The molecule has 1 aliphatic rings. The lowest BCUT2D eigenvalue weighted by molar-refractivity contribution is -0.133. The number of rotatable bonds is 5. The maximum atomic E-state index is 13.7. The number of amides is 1. The summed E-state index contributed by atoms with van der Waals surface area (Å²) in [7, 11) is 0. The number of aromatic nitrogens is 1. The van der Waals surface area contributed by atoms with Gasteiger partial charge in [0.05, 0.1) is 0 Å². The molecule has 4 heteroatoms. The summed E-state index contributed by atoms with van der Waals surface area (Å²) in [4.78, 5) is 18.6. The molecule has 3 nitrogen and oxygen atoms in total. The molecule has 1 aromatic carbocycles. The van der Waals surface area contributed by atoms with Gasteiger partial charge in [0.15, 0.2) is 0 Å². The van der Waals surface area contributed by atoms with Crippen LogP contribution in [0.25, 0.3) is 0 Å². The first kappa shape index (κ1) is 16.6. The number of aryl methyl sites for hydroxylation is 1. The van der Waals surface area contributed by atoms with Crippen LogP contribution in [0.2, 0.25) is 0 Å². The van der Waals surface area contributed by atoms with Gasteiger partial charge in [-0.25, -0.2) is 4.39 Å². The molecule has 0 radical (unpaired) electrons. The largest absolute Gasteiger partial charge is 0.342 e. The van der Waals surface area contributed by atoms with Crippen molar-refractivity contribution in [2.24, 2.45) is 5.92 Å². The van der Waals surface area contributed by atoms with Crippen LogP contribution in [0.15, 0.2) is 48.8 Å². The summed E-state index contributed by atoms with van der Waals surface area (Å²) in [6, 6.07) is 10.7. The summed E-state index contributed by atoms with van der Waals surface area (Å²) >= 11 is 0. The van der Waals surface area contributed by atoms with Crippen LogP contribution in [0.1, 0.15) is 30.4 Å². The van der Waals surface area contributed by atoms with Crippen molar-refractivity contribution in [3.05, 3.63) is 65.7 Å². The number of nitrogens with zero attached hydrogens (tertiary/aromatic N) is 2. The Morgan fingerprint density at radius 1 is 1.25 bits per heavy atom. The van der Waals surface area contributed by atoms with Crippen LogP contribution in [0, 0.1) is 11.7 Å². The van der Waals surface area contributed by atoms with Crippen molar-refractivity contribution in [2.75, 3.05) is 13.1 Å². The smallest absolute Gasteiger partial charge is 0.222 e. The monoisotopic (exact) mass is 326 g/mol. The molecule has 0 saturated carbocycles. The van der Waals surface area contributed by atoms with Gasteiger partial charge in [-0.2, -0.15) is 0 Å². The van der Waals surface area contributed by atoms with Gasteiger partial charge in [0.25, 0.3) is 0 Å². The van der Waals surface area contributed by atoms with E-state index in [1.807, 2.05) is 23.2 Å². The molecule has 1 aromatic heterocycles. The fraction of sp³-hybridized carbons (Fsp3) is 0.400. The highest BCUT2D eigenvalue weighted by Crippen LogP contribution is 2.21. The molecule has 0 spiro atoms. The molecule has 1 unspecified atom stereocenters. The van der Waals surface area contributed by atoms with Gasteiger partial charge in [-0.15, -0.1) is 0 Å². The molecule has 1 aliphatic heterocycles. The van der Waals surface area contributed by atoms with Crippen molar-refractivity contribution in [2.45, 2.75) is 32.1 Å². The van der Waals surface area contributed by atoms with E-state index in [9.17, 15) is 9.18 Å². The van der Waals surface area contributed by atoms with Crippen LogP contribution >= 0.6 is 0 Å². The van der Waals surface area contributed by atoms with Crippen LogP contribution in [0.5, 0.6) is 0 Å². The molecule has 0 N–H and O–H groups in total. The Hall–Kier alpha value is -2.23. The second kappa shape index (κ2) is 8.04. The summed E-state index contributed by atoms with van der Waals surface area (Å²) < 4.78 is 13.7. The number of piperidine rings is 1. The van der Waals surface area contributed by atoms with Gasteiger partial charge in [0.1, 0.15) is 5.82 Å². The average Bonchev–Trinajstić information content (AvgIpc) is 2.62. The summed E-state index contributed by atoms with van der Waals surface area (Å²) in [5, 5.41) is 0. The lowest BCUT2D eigenvalue weighted by Gasteiger charge is -2.33. The maximum absolute atomic E-state index is 13.7. The number of pyridine rings is 1. The third kappa shape index (κ3) is 4.40. The highest BCUT2D eigenvalue weighted by atomic mass is 19.1. The van der Waals surface area contributed by atoms with E-state index in [4.69, 9.17) is 0 Å². The van der Waals surface area contributed by atoms with E-state index in [1.54, 1.807) is 18.3 Å². The normalized spacial score (nSPS) is 17.7. The number of benzene rings is 1. The molecule has 126 valence electrons. The second-order valence-corrected chi connectivity index (χ2v) is 6.50. The van der Waals surface area contributed by atoms with Crippen molar-refractivity contribution in [1.29, 1.82) is 0 Å². The predicted molar refractivity (Wildman–Crippen MR) is 92.0 cm³/mol. The molecular formula is C20H23FN2O. The van der Waals surface area contributed by atoms with Gasteiger partial charge in [-0.3, -0.25) is 9.78 Å². The zero-order valence-corrected chi connectivity index (χ0v) is 13.8. The number of halogens is 1. The zero-order valence-electron chi connectivity index (χ0n) is 13.8. The van der Waals surface area contributed by atoms with Crippen LogP contribution in [-0.4, -0.2) is 28.9 Å². The molecule has 1 amide bonds. The molecule has 2 heterocycles. The minimum atomic E-state index is -0.224. The quantitative estimate of drug-likeness (QED) is 0.840. The van der Waals surface area contributed by atoms with Crippen molar-refractivity contribution < 1.29 is 9.18 Å². The third-order valence-corrected chi connectivity index (χ3v) is 4.68. The summed E-state index contributed by atoms with van der Waals surface area (Å²) in [6.45, 7) is 1.62. The van der Waals surface area contributed by atoms with Crippen molar-refractivity contribution in [3.63, 3.8) is 0 Å². The van der Waals surface area contributed by atoms with Crippen LogP contribution in [-0.2, 0) is 17.6 Å². The van der Waals surface area contributed by atoms with E-state index >= 15 is 0 Å². The van der Waals surface area contributed by atoms with Gasteiger partial charge >= 0.3 is 0 Å². The van der Waals surface area contributed by atoms with E-state index in [-0.39, 0.29) is 11.7 Å². The number of carbonyl (C=O) groups excluding carboxylic acids is 1. The van der Waals surface area contributed by atoms with Crippen LogP contribution in [0.3, 0.4) is 0 Å². The lowest BCUT2D eigenvalue weighted by Crippen LogP contribution is -2.40. The number of hydrogen-bond acceptors (Lipinski definition) is 2. The standard InChI is InChI=1S/C20H23FN2O/c21-19-8-2-1-7-18(19)9-10-20(24)23-12-4-6-17(15-23)13-16-5-3-11-22-14-16/h1-3,5,7-8,11,14,17H,4,6,9-10,12-13,15H2. The highest BCUT2D eigenvalue weighted by molar-refractivity contribution is 5.76. The van der Waals surface area contributed by atoms with Crippen molar-refractivity contribution >= 4 is 5.91 Å². The van der Waals surface area contributed by atoms with Gasteiger partial charge in [-0.1, -0.05) is 24.3 Å². The molecule has 0 bridgehead atoms. The Kier molecular flexibility index (Phi) is 5.57. The van der Waals surface area contributed by atoms with E-state index in [0.29, 0.717) is 24.3 Å². The van der Waals surface area contributed by atoms with E-state index in [0.717, 1.165) is 32.4 Å². The molecule has 24 heavy (non-hydrogen) atoms. The highest BCUT2D eigenvalue weighted by Gasteiger charge is 2.23. The van der Waals surface area contributed by atoms with Crippen molar-refractivity contribution in [1.82, 2.24) is 9.88 Å². The Morgan fingerprint density at radius 2 is 2.12 bits per heavy atom. The molecule has 1 saturated heterocycles. The Labute approximate surface area is 142 Å². The average molecular weight is 326 g/mol. The first-order valence-corrected chi connectivity index (χ1v) is 8.62. The molecular weight excluding hydrogens is 303 g/mol. The SMILES string of the molecule is O=C(CCc1ccccc1F)N1CCCC(Cc2cccnc2)C1. The fourth-order valence-corrected chi connectivity index (χ4v) is 3.41. The van der Waals surface area contributed by atoms with Gasteiger partial charge in [0, 0.05) is 31.9 Å². The third-order valence-electron chi connectivity index (χ3n) is 4.68. The van der Waals surface area contributed by atoms with E-state index in [2.05, 4.69) is 11.1 Å². The Bertz CT molecular complexity index is 674. The second-order valence-electron chi connectivity index (χ2n) is 6.50. The first-order valence-electron chi connectivity index (χ1n) is 8.62. The molecule has 0 aliphatic carbocycles. The predicted octanol–water partition coefficient (Wildman–Crippen LogP) is 3.63. The summed E-state index contributed by atoms with van der Waals surface area (Å²) in [5.74, 6) is 0.396. The molecule has 1 fully saturated rings. The van der Waals surface area contributed by atoms with Gasteiger partial charge < -0.3 is 4.90 Å². The molecule has 1 atom stereocenters. The van der Waals surface area contributed by atoms with Gasteiger partial charge in [-0.05, 0) is 54.9 Å². The minimum Gasteiger partial charge on any atom is -0.342 e. The van der Waals surface area contributed by atoms with E-state index < -0.39 is 0 Å². The van der Waals surface area contributed by atoms with Gasteiger partial charge in [0.2, 0.25) is 5.91 Å². The zero-order chi connectivity index (χ0) is 16.8. The summed E-state index contributed by atoms with van der Waals surface area (Å²) in [5.41, 5.74) is 1.85. The Balaban J connectivity index is 1.52. The summed E-state index contributed by atoms with van der Waals surface area (Å²) in [6.07, 6.45) is 7.67.